The van der Waals surface area contributed by atoms with Gasteiger partial charge in [-0.1, -0.05) is 6.92 Å². The highest BCUT2D eigenvalue weighted by molar-refractivity contribution is 5.06. The molecule has 0 radical (unpaired) electrons. The summed E-state index contributed by atoms with van der Waals surface area (Å²) in [6.45, 7) is 5.60. The van der Waals surface area contributed by atoms with Crippen LogP contribution in [0.5, 0.6) is 0 Å². The van der Waals surface area contributed by atoms with E-state index in [2.05, 4.69) is 44.2 Å². The summed E-state index contributed by atoms with van der Waals surface area (Å²) >= 11 is 0. The molecule has 1 aliphatic carbocycles. The zero-order valence-corrected chi connectivity index (χ0v) is 11.4. The monoisotopic (exact) mass is 236 g/mol. The van der Waals surface area contributed by atoms with Crippen LogP contribution in [0.1, 0.15) is 38.5 Å². The number of hydrogen-bond acceptors (Lipinski definition) is 3. The van der Waals surface area contributed by atoms with E-state index in [0.29, 0.717) is 17.5 Å². The van der Waals surface area contributed by atoms with Gasteiger partial charge in [0.15, 0.2) is 0 Å². The molecule has 3 nitrogen and oxygen atoms in total. The molecule has 0 saturated heterocycles. The smallest absolute Gasteiger partial charge is 0.122 e. The van der Waals surface area contributed by atoms with Crippen LogP contribution in [0, 0.1) is 5.41 Å². The van der Waals surface area contributed by atoms with Gasteiger partial charge in [0.2, 0.25) is 0 Å². The Hall–Kier alpha value is -0.800. The lowest BCUT2D eigenvalue weighted by atomic mass is 10.0. The Morgan fingerprint density at radius 3 is 2.65 bits per heavy atom. The Morgan fingerprint density at radius 2 is 2.18 bits per heavy atom. The summed E-state index contributed by atoms with van der Waals surface area (Å²) in [5.41, 5.74) is 0.528. The van der Waals surface area contributed by atoms with Crippen molar-refractivity contribution in [1.82, 2.24) is 10.2 Å². The van der Waals surface area contributed by atoms with Gasteiger partial charge in [-0.25, -0.2) is 0 Å². The Morgan fingerprint density at radius 1 is 1.47 bits per heavy atom. The van der Waals surface area contributed by atoms with Crippen molar-refractivity contribution in [3.8, 4) is 0 Å². The van der Waals surface area contributed by atoms with E-state index < -0.39 is 0 Å². The van der Waals surface area contributed by atoms with Gasteiger partial charge in [-0.05, 0) is 51.4 Å². The molecule has 1 saturated carbocycles. The molecule has 2 rings (SSSR count). The lowest BCUT2D eigenvalue weighted by Gasteiger charge is -2.27. The molecule has 2 atom stereocenters. The molecule has 0 amide bonds. The van der Waals surface area contributed by atoms with Crippen molar-refractivity contribution in [3.63, 3.8) is 0 Å². The third-order valence-electron chi connectivity index (χ3n) is 4.20. The highest BCUT2D eigenvalue weighted by atomic mass is 16.3. The van der Waals surface area contributed by atoms with Gasteiger partial charge in [0.05, 0.1) is 12.3 Å². The van der Waals surface area contributed by atoms with Gasteiger partial charge >= 0.3 is 0 Å². The average Bonchev–Trinajstić information content (AvgIpc) is 2.81. The molecular weight excluding hydrogens is 212 g/mol. The summed E-state index contributed by atoms with van der Waals surface area (Å²) < 4.78 is 5.51. The summed E-state index contributed by atoms with van der Waals surface area (Å²) in [6, 6.07) is 4.91. The molecular formula is C14H24N2O. The van der Waals surface area contributed by atoms with Gasteiger partial charge in [0.1, 0.15) is 5.76 Å². The Balaban J connectivity index is 1.90. The number of likely N-dealkylation sites (N-methyl/N-ethyl adjacent to an activating group) is 1. The summed E-state index contributed by atoms with van der Waals surface area (Å²) in [4.78, 5) is 2.20. The number of hydrogen-bond donors (Lipinski definition) is 1. The zero-order chi connectivity index (χ0) is 12.5. The highest BCUT2D eigenvalue weighted by Gasteiger charge is 2.42. The normalized spacial score (nSPS) is 21.5. The fraction of sp³-hybridized carbons (Fsp3) is 0.714. The first-order valence-corrected chi connectivity index (χ1v) is 6.46. The van der Waals surface area contributed by atoms with Crippen LogP contribution in [0.25, 0.3) is 0 Å². The maximum Gasteiger partial charge on any atom is 0.122 e. The number of rotatable bonds is 6. The van der Waals surface area contributed by atoms with Crippen LogP contribution in [0.15, 0.2) is 22.8 Å². The van der Waals surface area contributed by atoms with Gasteiger partial charge in [0.25, 0.3) is 0 Å². The molecule has 0 spiro atoms. The van der Waals surface area contributed by atoms with Crippen LogP contribution >= 0.6 is 0 Å². The van der Waals surface area contributed by atoms with Crippen LogP contribution in [0.3, 0.4) is 0 Å². The first-order chi connectivity index (χ1) is 8.03. The lowest BCUT2D eigenvalue weighted by Crippen LogP contribution is -2.39. The molecule has 1 N–H and O–H groups in total. The maximum absolute atomic E-state index is 5.51. The molecule has 0 aromatic carbocycles. The van der Waals surface area contributed by atoms with Gasteiger partial charge in [-0.15, -0.1) is 0 Å². The van der Waals surface area contributed by atoms with E-state index in [0.717, 1.165) is 12.3 Å². The molecule has 0 bridgehead atoms. The van der Waals surface area contributed by atoms with Crippen LogP contribution in [-0.4, -0.2) is 31.6 Å². The number of nitrogens with one attached hydrogen (secondary N) is 1. The van der Waals surface area contributed by atoms with E-state index >= 15 is 0 Å². The predicted octanol–water partition coefficient (Wildman–Crippen LogP) is 2.66. The van der Waals surface area contributed by atoms with Crippen molar-refractivity contribution in [2.75, 3.05) is 20.6 Å². The molecule has 96 valence electrons. The fourth-order valence-corrected chi connectivity index (χ4v) is 2.18. The van der Waals surface area contributed by atoms with E-state index in [1.54, 1.807) is 6.26 Å². The Labute approximate surface area is 104 Å². The van der Waals surface area contributed by atoms with E-state index in [1.807, 2.05) is 6.07 Å². The van der Waals surface area contributed by atoms with E-state index in [1.165, 1.54) is 12.8 Å². The largest absolute Gasteiger partial charge is 0.468 e. The number of nitrogens with zero attached hydrogens (tertiary/aromatic N) is 1. The summed E-state index contributed by atoms with van der Waals surface area (Å²) in [7, 11) is 4.19. The molecule has 1 aromatic heterocycles. The Kier molecular flexibility index (Phi) is 3.59. The molecule has 1 aromatic rings. The van der Waals surface area contributed by atoms with Crippen LogP contribution in [-0.2, 0) is 0 Å². The van der Waals surface area contributed by atoms with Crippen LogP contribution < -0.4 is 5.32 Å². The third kappa shape index (κ3) is 2.90. The minimum Gasteiger partial charge on any atom is -0.468 e. The second-order valence-electron chi connectivity index (χ2n) is 5.78. The summed E-state index contributed by atoms with van der Waals surface area (Å²) in [6.07, 6.45) is 4.46. The third-order valence-corrected chi connectivity index (χ3v) is 4.20. The predicted molar refractivity (Wildman–Crippen MR) is 69.9 cm³/mol. The number of furan rings is 1. The van der Waals surface area contributed by atoms with E-state index in [9.17, 15) is 0 Å². The molecule has 1 fully saturated rings. The van der Waals surface area contributed by atoms with Crippen molar-refractivity contribution in [2.45, 2.75) is 38.8 Å². The maximum atomic E-state index is 5.51. The first-order valence-electron chi connectivity index (χ1n) is 6.46. The minimum atomic E-state index is 0.315. The SMILES string of the molecule is CC(NCC(c1ccco1)N(C)C)C1(C)CC1. The van der Waals surface area contributed by atoms with Crippen molar-refractivity contribution in [3.05, 3.63) is 24.2 Å². The highest BCUT2D eigenvalue weighted by Crippen LogP contribution is 2.47. The fourth-order valence-electron chi connectivity index (χ4n) is 2.18. The van der Waals surface area contributed by atoms with E-state index in [-0.39, 0.29) is 0 Å². The van der Waals surface area contributed by atoms with Gasteiger partial charge < -0.3 is 9.73 Å². The minimum absolute atomic E-state index is 0.315. The molecule has 17 heavy (non-hydrogen) atoms. The second-order valence-corrected chi connectivity index (χ2v) is 5.78. The summed E-state index contributed by atoms with van der Waals surface area (Å²) in [5, 5.41) is 3.65. The van der Waals surface area contributed by atoms with Crippen molar-refractivity contribution < 1.29 is 4.42 Å². The molecule has 1 aliphatic rings. The van der Waals surface area contributed by atoms with Crippen molar-refractivity contribution in [1.29, 1.82) is 0 Å². The van der Waals surface area contributed by atoms with Gasteiger partial charge in [-0.2, -0.15) is 0 Å². The van der Waals surface area contributed by atoms with Crippen LogP contribution in [0.4, 0.5) is 0 Å². The zero-order valence-electron chi connectivity index (χ0n) is 11.4. The van der Waals surface area contributed by atoms with Crippen LogP contribution in [0.2, 0.25) is 0 Å². The average molecular weight is 236 g/mol. The van der Waals surface area contributed by atoms with Gasteiger partial charge in [-0.3, -0.25) is 4.90 Å². The molecule has 0 aliphatic heterocycles. The van der Waals surface area contributed by atoms with Crippen molar-refractivity contribution >= 4 is 0 Å². The van der Waals surface area contributed by atoms with E-state index in [4.69, 9.17) is 4.42 Å². The lowest BCUT2D eigenvalue weighted by molar-refractivity contribution is 0.234. The molecule has 2 unspecified atom stereocenters. The Bertz CT molecular complexity index is 341. The first kappa shape index (κ1) is 12.7. The van der Waals surface area contributed by atoms with Crippen molar-refractivity contribution in [2.24, 2.45) is 5.41 Å². The second kappa shape index (κ2) is 4.83. The standard InChI is InChI=1S/C14H24N2O/c1-11(14(2)7-8-14)15-10-12(16(3)4)13-6-5-9-17-13/h5-6,9,11-12,15H,7-8,10H2,1-4H3. The molecule has 3 heteroatoms. The van der Waals surface area contributed by atoms with Gasteiger partial charge in [0, 0.05) is 12.6 Å². The summed E-state index contributed by atoms with van der Waals surface area (Å²) in [5.74, 6) is 1.04. The molecule has 1 heterocycles. The quantitative estimate of drug-likeness (QED) is 0.823. The topological polar surface area (TPSA) is 28.4 Å².